The number of hydrogen-bond donors (Lipinski definition) is 2. The minimum atomic E-state index is -0.346. The van der Waals surface area contributed by atoms with Crippen LogP contribution in [-0.2, 0) is 4.79 Å². The van der Waals surface area contributed by atoms with Crippen LogP contribution in [0.2, 0.25) is 0 Å². The van der Waals surface area contributed by atoms with Crippen molar-refractivity contribution in [1.29, 1.82) is 0 Å². The van der Waals surface area contributed by atoms with E-state index in [1.807, 2.05) is 74.5 Å². The van der Waals surface area contributed by atoms with E-state index in [2.05, 4.69) is 15.3 Å². The van der Waals surface area contributed by atoms with Crippen LogP contribution in [0.5, 0.6) is 0 Å². The minimum absolute atomic E-state index is 0.228. The number of carbonyl (C=O) groups excluding carboxylic acids is 1. The molecule has 0 spiro atoms. The van der Waals surface area contributed by atoms with Crippen LogP contribution in [0.1, 0.15) is 17.1 Å². The molecule has 130 valence electrons. The highest BCUT2D eigenvalue weighted by Gasteiger charge is 2.16. The highest BCUT2D eigenvalue weighted by atomic mass is 16.1. The fourth-order valence-corrected chi connectivity index (χ4v) is 2.53. The number of benzene rings is 2. The molecule has 1 amide bonds. The molecule has 0 saturated heterocycles. The number of hydrogen-bond acceptors (Lipinski definition) is 4. The van der Waals surface area contributed by atoms with Gasteiger partial charge in [-0.25, -0.2) is 9.97 Å². The molecule has 0 saturated carbocycles. The third-order valence-corrected chi connectivity index (χ3v) is 3.89. The third-order valence-electron chi connectivity index (χ3n) is 3.89. The van der Waals surface area contributed by atoms with Crippen molar-refractivity contribution in [2.75, 3.05) is 5.32 Å². The first-order chi connectivity index (χ1) is 12.6. The van der Waals surface area contributed by atoms with Gasteiger partial charge in [-0.1, -0.05) is 48.0 Å². The van der Waals surface area contributed by atoms with Gasteiger partial charge in [0.05, 0.1) is 11.3 Å². The van der Waals surface area contributed by atoms with E-state index < -0.39 is 0 Å². The van der Waals surface area contributed by atoms with Crippen LogP contribution in [0, 0.1) is 13.8 Å². The number of anilines is 1. The highest BCUT2D eigenvalue weighted by Crippen LogP contribution is 2.21. The number of aryl methyl sites for hydroxylation is 2. The van der Waals surface area contributed by atoms with Crippen molar-refractivity contribution in [2.24, 2.45) is 5.73 Å². The summed E-state index contributed by atoms with van der Waals surface area (Å²) < 4.78 is 0. The molecule has 0 aliphatic carbocycles. The third kappa shape index (κ3) is 3.95. The summed E-state index contributed by atoms with van der Waals surface area (Å²) >= 11 is 0. The van der Waals surface area contributed by atoms with Crippen molar-refractivity contribution in [2.45, 2.75) is 13.8 Å². The average Bonchev–Trinajstić information content (AvgIpc) is 2.64. The van der Waals surface area contributed by atoms with Gasteiger partial charge < -0.3 is 11.1 Å². The van der Waals surface area contributed by atoms with E-state index in [0.717, 1.165) is 22.5 Å². The zero-order valence-electron chi connectivity index (χ0n) is 14.7. The summed E-state index contributed by atoms with van der Waals surface area (Å²) in [5.74, 6) is -0.0445. The van der Waals surface area contributed by atoms with E-state index in [4.69, 9.17) is 5.73 Å². The van der Waals surface area contributed by atoms with Crippen molar-refractivity contribution < 1.29 is 4.79 Å². The molecule has 5 nitrogen and oxygen atoms in total. The summed E-state index contributed by atoms with van der Waals surface area (Å²) in [7, 11) is 0. The summed E-state index contributed by atoms with van der Waals surface area (Å²) in [6.07, 6.45) is 1.24. The van der Waals surface area contributed by atoms with E-state index in [1.54, 1.807) is 0 Å². The number of nitrogens with zero attached hydrogens (tertiary/aromatic N) is 2. The molecule has 0 bridgehead atoms. The molecular formula is C21H20N4O. The highest BCUT2D eigenvalue weighted by molar-refractivity contribution is 6.24. The fourth-order valence-electron chi connectivity index (χ4n) is 2.53. The van der Waals surface area contributed by atoms with Crippen LogP contribution in [0.3, 0.4) is 0 Å². The molecule has 3 N–H and O–H groups in total. The van der Waals surface area contributed by atoms with Gasteiger partial charge in [-0.15, -0.1) is 0 Å². The summed E-state index contributed by atoms with van der Waals surface area (Å²) in [5.41, 5.74) is 10.2. The first-order valence-corrected chi connectivity index (χ1v) is 8.28. The Balaban J connectivity index is 1.91. The molecule has 1 heterocycles. The summed E-state index contributed by atoms with van der Waals surface area (Å²) in [6.45, 7) is 3.85. The van der Waals surface area contributed by atoms with Crippen LogP contribution >= 0.6 is 0 Å². The van der Waals surface area contributed by atoms with Gasteiger partial charge in [-0.3, -0.25) is 4.79 Å². The first kappa shape index (κ1) is 17.4. The molecule has 26 heavy (non-hydrogen) atoms. The maximum Gasteiger partial charge on any atom is 0.260 e. The van der Waals surface area contributed by atoms with E-state index in [0.29, 0.717) is 11.5 Å². The van der Waals surface area contributed by atoms with E-state index in [9.17, 15) is 4.79 Å². The van der Waals surface area contributed by atoms with E-state index >= 15 is 0 Å². The number of rotatable bonds is 4. The topological polar surface area (TPSA) is 80.9 Å². The Morgan fingerprint density at radius 3 is 2.35 bits per heavy atom. The molecule has 1 aromatic heterocycles. The summed E-state index contributed by atoms with van der Waals surface area (Å²) in [5, 5.41) is 2.83. The number of nitrogens with two attached hydrogens (primary N) is 1. The lowest BCUT2D eigenvalue weighted by Gasteiger charge is -2.10. The number of aromatic nitrogens is 2. The van der Waals surface area contributed by atoms with Gasteiger partial charge in [-0.05, 0) is 32.0 Å². The van der Waals surface area contributed by atoms with Crippen molar-refractivity contribution in [3.8, 4) is 11.3 Å². The monoisotopic (exact) mass is 344 g/mol. The van der Waals surface area contributed by atoms with Crippen LogP contribution in [-0.4, -0.2) is 15.9 Å². The lowest BCUT2D eigenvalue weighted by Crippen LogP contribution is -2.17. The van der Waals surface area contributed by atoms with Crippen LogP contribution in [0.25, 0.3) is 16.8 Å². The Bertz CT molecular complexity index is 948. The Labute approximate surface area is 152 Å². The second-order valence-corrected chi connectivity index (χ2v) is 5.98. The van der Waals surface area contributed by atoms with Crippen LogP contribution < -0.4 is 11.1 Å². The number of amides is 1. The van der Waals surface area contributed by atoms with E-state index in [1.165, 1.54) is 6.20 Å². The molecule has 5 heteroatoms. The zero-order valence-corrected chi connectivity index (χ0v) is 14.7. The quantitative estimate of drug-likeness (QED) is 0.707. The second-order valence-electron chi connectivity index (χ2n) is 5.98. The van der Waals surface area contributed by atoms with Gasteiger partial charge in [0.1, 0.15) is 0 Å². The number of carbonyl (C=O) groups is 1. The molecule has 2 aromatic carbocycles. The molecule has 0 unspecified atom stereocenters. The molecule has 0 fully saturated rings. The maximum atomic E-state index is 12.6. The molecule has 0 aliphatic rings. The molecule has 0 radical (unpaired) electrons. The number of nitrogens with one attached hydrogen (secondary N) is 1. The molecule has 0 aliphatic heterocycles. The van der Waals surface area contributed by atoms with Crippen molar-refractivity contribution in [3.05, 3.63) is 83.9 Å². The smallest absolute Gasteiger partial charge is 0.260 e. The van der Waals surface area contributed by atoms with Crippen molar-refractivity contribution >= 4 is 17.2 Å². The Morgan fingerprint density at radius 2 is 1.69 bits per heavy atom. The van der Waals surface area contributed by atoms with Crippen LogP contribution in [0.4, 0.5) is 5.69 Å². The fraction of sp³-hybridized carbons (Fsp3) is 0.0952. The lowest BCUT2D eigenvalue weighted by atomic mass is 10.1. The van der Waals surface area contributed by atoms with Gasteiger partial charge >= 0.3 is 0 Å². The second kappa shape index (κ2) is 7.61. The van der Waals surface area contributed by atoms with Gasteiger partial charge in [0.25, 0.3) is 5.91 Å². The normalized spacial score (nSPS) is 11.2. The molecular weight excluding hydrogens is 324 g/mol. The van der Waals surface area contributed by atoms with Crippen molar-refractivity contribution in [3.63, 3.8) is 0 Å². The predicted molar refractivity (Wildman–Crippen MR) is 104 cm³/mol. The molecule has 3 rings (SSSR count). The average molecular weight is 344 g/mol. The van der Waals surface area contributed by atoms with E-state index in [-0.39, 0.29) is 11.5 Å². The maximum absolute atomic E-state index is 12.6. The van der Waals surface area contributed by atoms with Gasteiger partial charge in [0.2, 0.25) is 0 Å². The standard InChI is InChI=1S/C21H20N4O/c1-14-8-10-17(11-9-14)24-21(26)18(13-22)20-23-15(2)12-19(25-20)16-6-4-3-5-7-16/h3-13H,22H2,1-2H3,(H,24,26). The largest absolute Gasteiger partial charge is 0.404 e. The summed E-state index contributed by atoms with van der Waals surface area (Å²) in [6, 6.07) is 19.2. The minimum Gasteiger partial charge on any atom is -0.404 e. The Morgan fingerprint density at radius 1 is 1.00 bits per heavy atom. The predicted octanol–water partition coefficient (Wildman–Crippen LogP) is 3.70. The Hall–Kier alpha value is -3.47. The van der Waals surface area contributed by atoms with Gasteiger partial charge in [-0.2, -0.15) is 0 Å². The van der Waals surface area contributed by atoms with Crippen molar-refractivity contribution in [1.82, 2.24) is 9.97 Å². The van der Waals surface area contributed by atoms with Gasteiger partial charge in [0, 0.05) is 23.1 Å². The Kier molecular flexibility index (Phi) is 5.08. The zero-order chi connectivity index (χ0) is 18.5. The van der Waals surface area contributed by atoms with Gasteiger partial charge in [0.15, 0.2) is 5.82 Å². The summed E-state index contributed by atoms with van der Waals surface area (Å²) in [4.78, 5) is 21.6. The SMILES string of the molecule is Cc1ccc(NC(=O)C(=CN)c2nc(C)cc(-c3ccccc3)n2)cc1. The lowest BCUT2D eigenvalue weighted by molar-refractivity contribution is -0.111. The van der Waals surface area contributed by atoms with Crippen LogP contribution in [0.15, 0.2) is 66.9 Å². The molecule has 3 aromatic rings. The molecule has 0 atom stereocenters. The first-order valence-electron chi connectivity index (χ1n) is 8.28.